The molecule has 2 aromatic rings. The molecule has 1 amide bonds. The Labute approximate surface area is 218 Å². The van der Waals surface area contributed by atoms with E-state index in [0.717, 1.165) is 13.1 Å². The average molecular weight is 513 g/mol. The molecule has 0 spiro atoms. The minimum absolute atomic E-state index is 0.00656. The number of carbonyl (C=O) groups is 2. The smallest absolute Gasteiger partial charge is 0.295 e. The molecule has 1 atom stereocenters. The molecule has 0 aliphatic carbocycles. The number of hydrogen-bond donors (Lipinski definition) is 1. The predicted octanol–water partition coefficient (Wildman–Crippen LogP) is 3.79. The first-order valence-corrected chi connectivity index (χ1v) is 12.2. The molecule has 2 aromatic carbocycles. The van der Waals surface area contributed by atoms with Gasteiger partial charge in [0.05, 0.1) is 40.1 Å². The lowest BCUT2D eigenvalue weighted by Crippen LogP contribution is -2.38. The van der Waals surface area contributed by atoms with Gasteiger partial charge in [0.1, 0.15) is 11.5 Å². The first-order valence-electron chi connectivity index (χ1n) is 12.2. The number of aliphatic hydroxyl groups is 1. The van der Waals surface area contributed by atoms with Gasteiger partial charge in [-0.15, -0.1) is 0 Å². The van der Waals surface area contributed by atoms with Crippen LogP contribution < -0.4 is 18.9 Å². The van der Waals surface area contributed by atoms with Crippen LogP contribution in [0.4, 0.5) is 0 Å². The number of ether oxygens (including phenoxy) is 4. The van der Waals surface area contributed by atoms with E-state index in [-0.39, 0.29) is 11.3 Å². The van der Waals surface area contributed by atoms with Crippen LogP contribution in [0.15, 0.2) is 35.9 Å². The number of Topliss-reactive ketones (excluding diaryl/α,β-unsaturated/α-hetero) is 1. The lowest BCUT2D eigenvalue weighted by molar-refractivity contribution is -0.140. The number of aryl methyl sites for hydroxylation is 1. The maximum Gasteiger partial charge on any atom is 0.295 e. The van der Waals surface area contributed by atoms with Gasteiger partial charge in [0.25, 0.3) is 11.7 Å². The van der Waals surface area contributed by atoms with Gasteiger partial charge in [-0.2, -0.15) is 0 Å². The molecule has 1 aliphatic rings. The maximum absolute atomic E-state index is 13.4. The van der Waals surface area contributed by atoms with Crippen molar-refractivity contribution in [2.45, 2.75) is 26.8 Å². The first-order chi connectivity index (χ1) is 17.8. The highest BCUT2D eigenvalue weighted by molar-refractivity contribution is 6.46. The summed E-state index contributed by atoms with van der Waals surface area (Å²) in [5.74, 6) is 0.112. The minimum Gasteiger partial charge on any atom is -0.507 e. The van der Waals surface area contributed by atoms with Crippen LogP contribution in [0.5, 0.6) is 23.0 Å². The molecule has 0 saturated carbocycles. The number of likely N-dealkylation sites (tertiary alicyclic amines) is 1. The van der Waals surface area contributed by atoms with E-state index in [1.54, 1.807) is 37.4 Å². The van der Waals surface area contributed by atoms with Crippen molar-refractivity contribution < 1.29 is 33.6 Å². The minimum atomic E-state index is -0.856. The highest BCUT2D eigenvalue weighted by Crippen LogP contribution is 2.46. The Bertz CT molecular complexity index is 1160. The Kier molecular flexibility index (Phi) is 9.04. The van der Waals surface area contributed by atoms with Gasteiger partial charge in [0.2, 0.25) is 5.75 Å². The molecular formula is C28H36N2O7. The third kappa shape index (κ3) is 5.36. The van der Waals surface area contributed by atoms with E-state index < -0.39 is 17.7 Å². The van der Waals surface area contributed by atoms with Gasteiger partial charge < -0.3 is 33.9 Å². The van der Waals surface area contributed by atoms with Crippen LogP contribution in [-0.2, 0) is 9.59 Å². The fraction of sp³-hybridized carbons (Fsp3) is 0.429. The normalized spacial score (nSPS) is 16.9. The maximum atomic E-state index is 13.4. The second kappa shape index (κ2) is 12.0. The number of aliphatic hydroxyl groups excluding tert-OH is 1. The summed E-state index contributed by atoms with van der Waals surface area (Å²) in [6.07, 6.45) is 0. The number of likely N-dealkylation sites (N-methyl/N-ethyl adjacent to an activating group) is 1. The summed E-state index contributed by atoms with van der Waals surface area (Å²) in [5, 5.41) is 11.5. The fourth-order valence-electron chi connectivity index (χ4n) is 4.68. The number of ketones is 1. The van der Waals surface area contributed by atoms with E-state index in [0.29, 0.717) is 52.8 Å². The highest BCUT2D eigenvalue weighted by atomic mass is 16.5. The zero-order valence-electron chi connectivity index (χ0n) is 22.6. The number of carbonyl (C=O) groups excluding carboxylic acids is 2. The molecule has 1 heterocycles. The monoisotopic (exact) mass is 512 g/mol. The summed E-state index contributed by atoms with van der Waals surface area (Å²) in [6.45, 7) is 8.37. The molecule has 1 saturated heterocycles. The van der Waals surface area contributed by atoms with Crippen molar-refractivity contribution in [2.75, 3.05) is 54.6 Å². The van der Waals surface area contributed by atoms with Gasteiger partial charge in [-0.3, -0.25) is 9.59 Å². The van der Waals surface area contributed by atoms with Crippen LogP contribution >= 0.6 is 0 Å². The summed E-state index contributed by atoms with van der Waals surface area (Å²) >= 11 is 0. The second-order valence-electron chi connectivity index (χ2n) is 8.66. The van der Waals surface area contributed by atoms with Crippen molar-refractivity contribution >= 4 is 17.4 Å². The van der Waals surface area contributed by atoms with Crippen molar-refractivity contribution in [3.63, 3.8) is 0 Å². The summed E-state index contributed by atoms with van der Waals surface area (Å²) in [7, 11) is 6.06. The van der Waals surface area contributed by atoms with Gasteiger partial charge in [-0.25, -0.2) is 0 Å². The van der Waals surface area contributed by atoms with E-state index in [9.17, 15) is 14.7 Å². The van der Waals surface area contributed by atoms with Crippen molar-refractivity contribution in [3.05, 3.63) is 52.6 Å². The van der Waals surface area contributed by atoms with Gasteiger partial charge in [0.15, 0.2) is 11.5 Å². The van der Waals surface area contributed by atoms with Gasteiger partial charge in [-0.05, 0) is 61.5 Å². The average Bonchev–Trinajstić information content (AvgIpc) is 3.17. The highest BCUT2D eigenvalue weighted by Gasteiger charge is 2.46. The van der Waals surface area contributed by atoms with Crippen LogP contribution in [0.1, 0.15) is 36.6 Å². The first kappa shape index (κ1) is 27.9. The third-order valence-electron chi connectivity index (χ3n) is 6.78. The molecule has 0 bridgehead atoms. The van der Waals surface area contributed by atoms with Crippen LogP contribution in [-0.4, -0.2) is 81.2 Å². The zero-order valence-corrected chi connectivity index (χ0v) is 22.6. The molecule has 0 radical (unpaired) electrons. The Hall–Kier alpha value is -3.72. The second-order valence-corrected chi connectivity index (χ2v) is 8.66. The molecular weight excluding hydrogens is 476 g/mol. The van der Waals surface area contributed by atoms with Crippen LogP contribution in [0, 0.1) is 6.92 Å². The van der Waals surface area contributed by atoms with Crippen molar-refractivity contribution in [3.8, 4) is 23.0 Å². The fourth-order valence-corrected chi connectivity index (χ4v) is 4.68. The molecule has 3 rings (SSSR count). The molecule has 1 aliphatic heterocycles. The number of methoxy groups -OCH3 is 4. The summed E-state index contributed by atoms with van der Waals surface area (Å²) < 4.78 is 21.8. The van der Waals surface area contributed by atoms with Gasteiger partial charge in [0, 0.05) is 18.7 Å². The Morgan fingerprint density at radius 3 is 2.05 bits per heavy atom. The lowest BCUT2D eigenvalue weighted by Gasteiger charge is -2.29. The van der Waals surface area contributed by atoms with E-state index in [2.05, 4.69) is 4.90 Å². The van der Waals surface area contributed by atoms with E-state index in [1.807, 2.05) is 20.8 Å². The van der Waals surface area contributed by atoms with Crippen molar-refractivity contribution in [1.29, 1.82) is 0 Å². The summed E-state index contributed by atoms with van der Waals surface area (Å²) in [4.78, 5) is 30.4. The molecule has 9 heteroatoms. The SMILES string of the molecule is CCN(CC)CCN1C(=O)C(=O)C(=C(O)c2ccc(OC)cc2C)[C@@H]1c1cc(OC)c(OC)c(OC)c1. The molecule has 1 N–H and O–H groups in total. The van der Waals surface area contributed by atoms with E-state index in [4.69, 9.17) is 18.9 Å². The van der Waals surface area contributed by atoms with Gasteiger partial charge >= 0.3 is 0 Å². The lowest BCUT2D eigenvalue weighted by atomic mass is 9.93. The topological polar surface area (TPSA) is 97.8 Å². The number of amides is 1. The Morgan fingerprint density at radius 1 is 0.946 bits per heavy atom. The molecule has 0 unspecified atom stereocenters. The number of hydrogen-bond acceptors (Lipinski definition) is 8. The molecule has 37 heavy (non-hydrogen) atoms. The van der Waals surface area contributed by atoms with Crippen LogP contribution in [0.3, 0.4) is 0 Å². The predicted molar refractivity (Wildman–Crippen MR) is 141 cm³/mol. The third-order valence-corrected chi connectivity index (χ3v) is 6.78. The van der Waals surface area contributed by atoms with Crippen molar-refractivity contribution in [1.82, 2.24) is 9.80 Å². The molecule has 200 valence electrons. The molecule has 1 fully saturated rings. The molecule has 9 nitrogen and oxygen atoms in total. The van der Waals surface area contributed by atoms with E-state index in [1.165, 1.54) is 26.2 Å². The summed E-state index contributed by atoms with van der Waals surface area (Å²) in [5.41, 5.74) is 1.71. The van der Waals surface area contributed by atoms with Crippen LogP contribution in [0.25, 0.3) is 5.76 Å². The summed E-state index contributed by atoms with van der Waals surface area (Å²) in [6, 6.07) is 7.70. The van der Waals surface area contributed by atoms with E-state index >= 15 is 0 Å². The Morgan fingerprint density at radius 2 is 1.57 bits per heavy atom. The zero-order chi connectivity index (χ0) is 27.3. The quantitative estimate of drug-likeness (QED) is 0.276. The number of rotatable bonds is 11. The molecule has 0 aromatic heterocycles. The standard InChI is InChI=1S/C28H36N2O7/c1-8-29(9-2)12-13-30-24(18-15-21(35-5)27(37-7)22(16-18)36-6)23(26(32)28(30)33)25(31)20-11-10-19(34-4)14-17(20)3/h10-11,14-16,24,31H,8-9,12-13H2,1-7H3/t24-/m0/s1. The van der Waals surface area contributed by atoms with Crippen LogP contribution in [0.2, 0.25) is 0 Å². The van der Waals surface area contributed by atoms with Crippen molar-refractivity contribution in [2.24, 2.45) is 0 Å². The number of benzene rings is 2. The largest absolute Gasteiger partial charge is 0.507 e. The van der Waals surface area contributed by atoms with Gasteiger partial charge in [-0.1, -0.05) is 13.8 Å². The number of nitrogens with zero attached hydrogens (tertiary/aromatic N) is 2. The Balaban J connectivity index is 2.25.